The summed E-state index contributed by atoms with van der Waals surface area (Å²) >= 11 is 3.39. The second kappa shape index (κ2) is 8.11. The summed E-state index contributed by atoms with van der Waals surface area (Å²) in [5.74, 6) is 0.636. The second-order valence-electron chi connectivity index (χ2n) is 4.47. The lowest BCUT2D eigenvalue weighted by Gasteiger charge is -2.27. The number of aliphatic imine (C=N–C) groups is 2. The van der Waals surface area contributed by atoms with Crippen molar-refractivity contribution >= 4 is 45.9 Å². The van der Waals surface area contributed by atoms with Crippen LogP contribution in [0.15, 0.2) is 38.7 Å². The van der Waals surface area contributed by atoms with E-state index in [2.05, 4.69) is 25.9 Å². The van der Waals surface area contributed by atoms with Crippen LogP contribution in [0.2, 0.25) is 0 Å². The molecule has 0 unspecified atom stereocenters. The van der Waals surface area contributed by atoms with Crippen molar-refractivity contribution in [1.82, 2.24) is 4.90 Å². The Kier molecular flexibility index (Phi) is 6.81. The number of hydrogen-bond acceptors (Lipinski definition) is 1. The van der Waals surface area contributed by atoms with Crippen LogP contribution in [0.4, 0.5) is 5.69 Å². The number of likely N-dealkylation sites (tertiary alicyclic amines) is 1. The maximum absolute atomic E-state index is 5.94. The Morgan fingerprint density at radius 2 is 1.85 bits per heavy atom. The zero-order valence-electron chi connectivity index (χ0n) is 11.1. The van der Waals surface area contributed by atoms with Gasteiger partial charge in [-0.25, -0.2) is 4.99 Å². The summed E-state index contributed by atoms with van der Waals surface area (Å²) in [7, 11) is 0. The Balaban J connectivity index is 0.00000200. The van der Waals surface area contributed by atoms with Crippen LogP contribution >= 0.6 is 28.3 Å². The van der Waals surface area contributed by atoms with Gasteiger partial charge in [0.05, 0.1) is 5.69 Å². The lowest BCUT2D eigenvalue weighted by molar-refractivity contribution is 0.339. The van der Waals surface area contributed by atoms with Crippen molar-refractivity contribution < 1.29 is 0 Å². The van der Waals surface area contributed by atoms with Gasteiger partial charge in [-0.1, -0.05) is 22.0 Å². The second-order valence-corrected chi connectivity index (χ2v) is 5.38. The normalized spacial score (nSPS) is 16.8. The van der Waals surface area contributed by atoms with Crippen molar-refractivity contribution in [3.05, 3.63) is 28.7 Å². The van der Waals surface area contributed by atoms with Crippen molar-refractivity contribution in [1.29, 1.82) is 0 Å². The van der Waals surface area contributed by atoms with Crippen LogP contribution in [0.1, 0.15) is 19.3 Å². The number of rotatable bonds is 1. The molecule has 0 amide bonds. The summed E-state index contributed by atoms with van der Waals surface area (Å²) in [4.78, 5) is 10.4. The molecule has 1 aromatic carbocycles. The van der Waals surface area contributed by atoms with Gasteiger partial charge in [0.15, 0.2) is 5.96 Å². The third kappa shape index (κ3) is 5.02. The van der Waals surface area contributed by atoms with E-state index in [1.807, 2.05) is 29.2 Å². The number of halogens is 2. The summed E-state index contributed by atoms with van der Waals surface area (Å²) in [6.45, 7) is 1.89. The van der Waals surface area contributed by atoms with Crippen molar-refractivity contribution in [2.75, 3.05) is 13.1 Å². The molecule has 0 spiro atoms. The monoisotopic (exact) mass is 359 g/mol. The fourth-order valence-electron chi connectivity index (χ4n) is 2.01. The molecule has 0 atom stereocenters. The minimum absolute atomic E-state index is 0. The highest BCUT2D eigenvalue weighted by Gasteiger charge is 2.12. The van der Waals surface area contributed by atoms with Gasteiger partial charge in [0.1, 0.15) is 0 Å². The number of nitrogens with zero attached hydrogens (tertiary/aromatic N) is 3. The van der Waals surface area contributed by atoms with Gasteiger partial charge in [-0.3, -0.25) is 0 Å². The van der Waals surface area contributed by atoms with Crippen molar-refractivity contribution in [2.24, 2.45) is 21.5 Å². The van der Waals surface area contributed by atoms with Gasteiger partial charge >= 0.3 is 0 Å². The van der Waals surface area contributed by atoms with E-state index in [1.54, 1.807) is 0 Å². The van der Waals surface area contributed by atoms with Crippen LogP contribution < -0.4 is 11.5 Å². The van der Waals surface area contributed by atoms with Crippen LogP contribution in [-0.2, 0) is 0 Å². The molecule has 2 rings (SSSR count). The first-order valence-electron chi connectivity index (χ1n) is 6.34. The average molecular weight is 361 g/mol. The van der Waals surface area contributed by atoms with Gasteiger partial charge in [0.2, 0.25) is 5.96 Å². The molecule has 1 aromatic rings. The standard InChI is InChI=1S/C13H18BrN5.ClH/c14-10-5-4-6-11(9-10)17-12(15)18-13(16)19-7-2-1-3-8-19;/h4-6,9H,1-3,7-8H2,(H4,15,16,17,18);1H. The van der Waals surface area contributed by atoms with Crippen molar-refractivity contribution in [3.8, 4) is 0 Å². The van der Waals surface area contributed by atoms with E-state index in [4.69, 9.17) is 11.5 Å². The molecule has 5 nitrogen and oxygen atoms in total. The predicted molar refractivity (Wildman–Crippen MR) is 89.7 cm³/mol. The highest BCUT2D eigenvalue weighted by atomic mass is 79.9. The topological polar surface area (TPSA) is 80.0 Å². The zero-order chi connectivity index (χ0) is 13.7. The maximum Gasteiger partial charge on any atom is 0.223 e. The molecule has 1 fully saturated rings. The predicted octanol–water partition coefficient (Wildman–Crippen LogP) is 2.62. The molecule has 1 saturated heterocycles. The minimum Gasteiger partial charge on any atom is -0.369 e. The maximum atomic E-state index is 5.94. The third-order valence-corrected chi connectivity index (χ3v) is 3.45. The molecule has 4 N–H and O–H groups in total. The third-order valence-electron chi connectivity index (χ3n) is 2.96. The van der Waals surface area contributed by atoms with E-state index < -0.39 is 0 Å². The summed E-state index contributed by atoms with van der Waals surface area (Å²) < 4.78 is 0.953. The van der Waals surface area contributed by atoms with E-state index >= 15 is 0 Å². The van der Waals surface area contributed by atoms with E-state index in [9.17, 15) is 0 Å². The molecule has 110 valence electrons. The fraction of sp³-hybridized carbons (Fsp3) is 0.385. The molecule has 0 saturated carbocycles. The molecule has 7 heteroatoms. The van der Waals surface area contributed by atoms with Crippen LogP contribution in [0.5, 0.6) is 0 Å². The number of nitrogens with two attached hydrogens (primary N) is 2. The Morgan fingerprint density at radius 3 is 2.50 bits per heavy atom. The van der Waals surface area contributed by atoms with Crippen molar-refractivity contribution in [2.45, 2.75) is 19.3 Å². The Hall–Kier alpha value is -1.27. The largest absolute Gasteiger partial charge is 0.369 e. The zero-order valence-corrected chi connectivity index (χ0v) is 13.5. The first kappa shape index (κ1) is 16.8. The SMILES string of the molecule is Cl.NC(=Nc1cccc(Br)c1)N=C(N)N1CCCCC1. The number of hydrogen-bond donors (Lipinski definition) is 2. The van der Waals surface area contributed by atoms with Crippen LogP contribution in [0.3, 0.4) is 0 Å². The Labute approximate surface area is 133 Å². The molecule has 0 aromatic heterocycles. The molecule has 0 bridgehead atoms. The lowest BCUT2D eigenvalue weighted by Crippen LogP contribution is -2.41. The lowest BCUT2D eigenvalue weighted by atomic mass is 10.1. The molecular weight excluding hydrogens is 342 g/mol. The first-order chi connectivity index (χ1) is 9.15. The van der Waals surface area contributed by atoms with E-state index in [1.165, 1.54) is 6.42 Å². The summed E-state index contributed by atoms with van der Waals surface area (Å²) in [6.07, 6.45) is 3.56. The fourth-order valence-corrected chi connectivity index (χ4v) is 2.40. The number of benzene rings is 1. The van der Waals surface area contributed by atoms with Gasteiger partial charge in [0.25, 0.3) is 0 Å². The minimum atomic E-state index is 0. The highest BCUT2D eigenvalue weighted by molar-refractivity contribution is 9.10. The highest BCUT2D eigenvalue weighted by Crippen LogP contribution is 2.18. The summed E-state index contributed by atoms with van der Waals surface area (Å²) in [6, 6.07) is 7.57. The van der Waals surface area contributed by atoms with Crippen molar-refractivity contribution in [3.63, 3.8) is 0 Å². The Bertz CT molecular complexity index is 497. The van der Waals surface area contributed by atoms with Gasteiger partial charge < -0.3 is 16.4 Å². The molecule has 20 heavy (non-hydrogen) atoms. The van der Waals surface area contributed by atoms with E-state index in [0.717, 1.165) is 36.1 Å². The smallest absolute Gasteiger partial charge is 0.223 e. The van der Waals surface area contributed by atoms with Crippen LogP contribution in [0, 0.1) is 0 Å². The van der Waals surface area contributed by atoms with Gasteiger partial charge in [-0.15, -0.1) is 12.4 Å². The molecule has 1 aliphatic rings. The Morgan fingerprint density at radius 1 is 1.15 bits per heavy atom. The summed E-state index contributed by atoms with van der Waals surface area (Å²) in [5.41, 5.74) is 12.5. The number of guanidine groups is 2. The quantitative estimate of drug-likeness (QED) is 0.597. The van der Waals surface area contributed by atoms with Gasteiger partial charge in [-0.2, -0.15) is 4.99 Å². The molecule has 1 heterocycles. The van der Waals surface area contributed by atoms with E-state index in [0.29, 0.717) is 5.96 Å². The summed E-state index contributed by atoms with van der Waals surface area (Å²) in [5, 5.41) is 0. The molecular formula is C13H19BrClN5. The first-order valence-corrected chi connectivity index (χ1v) is 7.13. The van der Waals surface area contributed by atoms with Gasteiger partial charge in [-0.05, 0) is 37.5 Å². The van der Waals surface area contributed by atoms with Crippen LogP contribution in [-0.4, -0.2) is 29.9 Å². The van der Waals surface area contributed by atoms with Crippen LogP contribution in [0.25, 0.3) is 0 Å². The molecule has 1 aliphatic heterocycles. The van der Waals surface area contributed by atoms with Gasteiger partial charge in [0, 0.05) is 17.6 Å². The average Bonchev–Trinajstić information content (AvgIpc) is 2.39. The molecule has 0 aliphatic carbocycles. The molecule has 0 radical (unpaired) electrons. The van der Waals surface area contributed by atoms with E-state index in [-0.39, 0.29) is 18.4 Å². The number of piperidine rings is 1.